The SMILES string of the molecule is C1=C(N2c3ccccc3Sc3ccccc32)C(N2c3ccccc3Sc3ccccc32)=C[Si]12c1ccccc1B(c1ccccc1)c1ccccc12. The predicted octanol–water partition coefficient (Wildman–Crippen LogP) is 8.54. The minimum Gasteiger partial charge on any atom is -0.307 e. The van der Waals surface area contributed by atoms with Crippen LogP contribution in [0.25, 0.3) is 0 Å². The zero-order valence-corrected chi connectivity index (χ0v) is 30.8. The number of hydrogen-bond donors (Lipinski definition) is 0. The number of para-hydroxylation sites is 4. The maximum Gasteiger partial charge on any atom is 0.240 e. The number of nitrogens with zero attached hydrogens (tertiary/aromatic N) is 2. The van der Waals surface area contributed by atoms with Gasteiger partial charge in [0.15, 0.2) is 8.07 Å². The van der Waals surface area contributed by atoms with Gasteiger partial charge in [-0.3, -0.25) is 0 Å². The molecule has 4 aliphatic rings. The van der Waals surface area contributed by atoms with Gasteiger partial charge >= 0.3 is 0 Å². The van der Waals surface area contributed by atoms with Crippen LogP contribution >= 0.6 is 23.5 Å². The van der Waals surface area contributed by atoms with E-state index in [0.29, 0.717) is 0 Å². The lowest BCUT2D eigenvalue weighted by Gasteiger charge is -2.39. The number of anilines is 4. The van der Waals surface area contributed by atoms with Gasteiger partial charge in [0.2, 0.25) is 6.71 Å². The molecule has 7 aromatic rings. The molecule has 0 saturated heterocycles. The Morgan fingerprint density at radius 1 is 0.365 bits per heavy atom. The summed E-state index contributed by atoms with van der Waals surface area (Å²) in [5.41, 5.74) is 17.0. The molecule has 0 aliphatic carbocycles. The van der Waals surface area contributed by atoms with Gasteiger partial charge < -0.3 is 9.80 Å². The first kappa shape index (κ1) is 30.2. The maximum atomic E-state index is 2.72. The van der Waals surface area contributed by atoms with E-state index >= 15 is 0 Å². The molecule has 11 rings (SSSR count). The van der Waals surface area contributed by atoms with E-state index in [1.807, 2.05) is 23.5 Å². The zero-order chi connectivity index (χ0) is 34.2. The lowest BCUT2D eigenvalue weighted by atomic mass is 9.36. The standard InChI is InChI=1S/C46H31BN2S2Si/c1-2-16-32(17-3-1)47-33-18-4-14-28-45(33)52(46-29-15-5-19-34(46)47)30-39(48-35-20-6-10-24-41(35)50-42-25-11-7-21-36(42)48)40(31-52)49-37-22-8-12-26-43(37)51-44-27-13-9-23-38(44)49/h1-31H. The van der Waals surface area contributed by atoms with Gasteiger partial charge in [0.25, 0.3) is 0 Å². The van der Waals surface area contributed by atoms with Crippen molar-refractivity contribution < 1.29 is 0 Å². The van der Waals surface area contributed by atoms with Crippen LogP contribution in [0, 0.1) is 0 Å². The first-order valence-electron chi connectivity index (χ1n) is 17.8. The van der Waals surface area contributed by atoms with Crippen molar-refractivity contribution in [3.63, 3.8) is 0 Å². The Kier molecular flexibility index (Phi) is 6.88. The quantitative estimate of drug-likeness (QED) is 0.169. The van der Waals surface area contributed by atoms with Crippen molar-refractivity contribution in [2.24, 2.45) is 0 Å². The van der Waals surface area contributed by atoms with Crippen LogP contribution in [0.2, 0.25) is 0 Å². The van der Waals surface area contributed by atoms with Crippen molar-refractivity contribution in [2.45, 2.75) is 19.6 Å². The Labute approximate surface area is 314 Å². The highest BCUT2D eigenvalue weighted by Gasteiger charge is 2.50. The van der Waals surface area contributed by atoms with Crippen LogP contribution in [0.1, 0.15) is 0 Å². The highest BCUT2D eigenvalue weighted by atomic mass is 32.2. The van der Waals surface area contributed by atoms with Crippen LogP contribution in [-0.4, -0.2) is 14.8 Å². The minimum atomic E-state index is -2.74. The summed E-state index contributed by atoms with van der Waals surface area (Å²) >= 11 is 3.73. The molecule has 6 heteroatoms. The van der Waals surface area contributed by atoms with Gasteiger partial charge in [0, 0.05) is 19.6 Å². The Morgan fingerprint density at radius 3 is 1.13 bits per heavy atom. The summed E-state index contributed by atoms with van der Waals surface area (Å²) in [6.45, 7) is 0.168. The van der Waals surface area contributed by atoms with E-state index in [0.717, 1.165) is 0 Å². The van der Waals surface area contributed by atoms with Crippen molar-refractivity contribution in [3.8, 4) is 0 Å². The van der Waals surface area contributed by atoms with Crippen LogP contribution in [0.4, 0.5) is 22.7 Å². The molecule has 2 nitrogen and oxygen atoms in total. The fourth-order valence-electron chi connectivity index (χ4n) is 8.79. The summed E-state index contributed by atoms with van der Waals surface area (Å²) in [4.78, 5) is 10.2. The smallest absolute Gasteiger partial charge is 0.240 e. The molecular formula is C46H31BN2S2Si. The first-order chi connectivity index (χ1) is 25.8. The Bertz CT molecular complexity index is 2380. The normalized spacial score (nSPS) is 15.8. The molecule has 7 aromatic carbocycles. The summed E-state index contributed by atoms with van der Waals surface area (Å²) in [7, 11) is -2.74. The van der Waals surface area contributed by atoms with E-state index in [-0.39, 0.29) is 6.71 Å². The molecule has 0 amide bonds. The predicted molar refractivity (Wildman–Crippen MR) is 223 cm³/mol. The summed E-state index contributed by atoms with van der Waals surface area (Å²) in [6, 6.07) is 65.4. The average Bonchev–Trinajstić information content (AvgIpc) is 3.59. The van der Waals surface area contributed by atoms with Gasteiger partial charge in [-0.25, -0.2) is 0 Å². The second-order valence-corrected chi connectivity index (χ2v) is 19.3. The van der Waals surface area contributed by atoms with Gasteiger partial charge in [0.1, 0.15) is 0 Å². The number of benzene rings is 7. The highest BCUT2D eigenvalue weighted by Crippen LogP contribution is 2.55. The van der Waals surface area contributed by atoms with Crippen molar-refractivity contribution in [2.75, 3.05) is 9.80 Å². The summed E-state index contributed by atoms with van der Waals surface area (Å²) in [5, 5.41) is 2.94. The maximum absolute atomic E-state index is 2.74. The summed E-state index contributed by atoms with van der Waals surface area (Å²) in [6.07, 6.45) is 0. The molecule has 52 heavy (non-hydrogen) atoms. The minimum absolute atomic E-state index is 0.168. The molecule has 4 heterocycles. The van der Waals surface area contributed by atoms with E-state index < -0.39 is 8.07 Å². The molecule has 0 saturated carbocycles. The topological polar surface area (TPSA) is 6.48 Å². The molecule has 0 bridgehead atoms. The van der Waals surface area contributed by atoms with E-state index in [9.17, 15) is 0 Å². The van der Waals surface area contributed by atoms with Gasteiger partial charge in [-0.1, -0.05) is 189 Å². The van der Waals surface area contributed by atoms with Crippen LogP contribution < -0.4 is 36.6 Å². The van der Waals surface area contributed by atoms with Gasteiger partial charge in [-0.05, 0) is 48.5 Å². The molecule has 0 aromatic heterocycles. The number of fused-ring (bicyclic) bond motifs is 8. The second-order valence-electron chi connectivity index (χ2n) is 13.7. The zero-order valence-electron chi connectivity index (χ0n) is 28.2. The Hall–Kier alpha value is -5.40. The van der Waals surface area contributed by atoms with Crippen LogP contribution in [0.3, 0.4) is 0 Å². The Balaban J connectivity index is 1.25. The molecule has 1 spiro atoms. The van der Waals surface area contributed by atoms with Crippen LogP contribution in [0.5, 0.6) is 0 Å². The van der Waals surface area contributed by atoms with Crippen LogP contribution in [-0.2, 0) is 0 Å². The van der Waals surface area contributed by atoms with E-state index in [2.05, 4.69) is 197 Å². The first-order valence-corrected chi connectivity index (χ1v) is 21.6. The molecule has 244 valence electrons. The summed E-state index contributed by atoms with van der Waals surface area (Å²) in [5.74, 6) is 0. The molecule has 0 N–H and O–H groups in total. The third-order valence-corrected chi connectivity index (χ3v) is 17.3. The number of hydrogen-bond acceptors (Lipinski definition) is 4. The van der Waals surface area contributed by atoms with Crippen molar-refractivity contribution in [3.05, 3.63) is 199 Å². The van der Waals surface area contributed by atoms with Crippen LogP contribution in [0.15, 0.2) is 218 Å². The fraction of sp³-hybridized carbons (Fsp3) is 0. The molecule has 0 atom stereocenters. The average molecular weight is 715 g/mol. The third-order valence-electron chi connectivity index (χ3n) is 10.9. The van der Waals surface area contributed by atoms with Gasteiger partial charge in [-0.2, -0.15) is 0 Å². The van der Waals surface area contributed by atoms with Crippen molar-refractivity contribution >= 4 is 87.8 Å². The van der Waals surface area contributed by atoms with E-state index in [4.69, 9.17) is 0 Å². The fourth-order valence-corrected chi connectivity index (χ4v) is 15.5. The molecule has 0 unspecified atom stereocenters. The van der Waals surface area contributed by atoms with E-state index in [1.54, 1.807) is 0 Å². The Morgan fingerprint density at radius 2 is 0.712 bits per heavy atom. The number of rotatable bonds is 3. The summed E-state index contributed by atoms with van der Waals surface area (Å²) < 4.78 is 0. The van der Waals surface area contributed by atoms with E-state index in [1.165, 1.54) is 80.5 Å². The van der Waals surface area contributed by atoms with Crippen molar-refractivity contribution in [1.29, 1.82) is 0 Å². The highest BCUT2D eigenvalue weighted by molar-refractivity contribution is 8.00. The van der Waals surface area contributed by atoms with Crippen molar-refractivity contribution in [1.82, 2.24) is 0 Å². The van der Waals surface area contributed by atoms with Gasteiger partial charge in [-0.15, -0.1) is 0 Å². The molecule has 0 fully saturated rings. The second kappa shape index (κ2) is 11.8. The largest absolute Gasteiger partial charge is 0.307 e. The molecular weight excluding hydrogens is 684 g/mol. The monoisotopic (exact) mass is 714 g/mol. The lowest BCUT2D eigenvalue weighted by Crippen LogP contribution is -2.77. The third kappa shape index (κ3) is 4.41. The lowest BCUT2D eigenvalue weighted by molar-refractivity contribution is 1.04. The molecule has 0 radical (unpaired) electrons. The molecule has 4 aliphatic heterocycles. The van der Waals surface area contributed by atoms with Gasteiger partial charge in [0.05, 0.1) is 34.1 Å².